The molecule has 0 saturated heterocycles. The summed E-state index contributed by atoms with van der Waals surface area (Å²) in [5.74, 6) is -0.452. The predicted molar refractivity (Wildman–Crippen MR) is 108 cm³/mol. The molecule has 0 amide bonds. The molecule has 0 unspecified atom stereocenters. The molecule has 0 atom stereocenters. The minimum atomic E-state index is -3.60. The zero-order valence-electron chi connectivity index (χ0n) is 15.5. The van der Waals surface area contributed by atoms with E-state index in [-0.39, 0.29) is 11.5 Å². The van der Waals surface area contributed by atoms with Gasteiger partial charge in [0.05, 0.1) is 4.90 Å². The number of nitrogens with zero attached hydrogens (tertiary/aromatic N) is 1. The molecule has 0 aliphatic carbocycles. The lowest BCUT2D eigenvalue weighted by atomic mass is 10.1. The van der Waals surface area contributed by atoms with Crippen LogP contribution < -0.4 is 0 Å². The molecule has 0 bridgehead atoms. The zero-order valence-corrected chi connectivity index (χ0v) is 16.3. The Hall–Kier alpha value is -2.86. The number of hydrogen-bond donors (Lipinski definition) is 0. The van der Waals surface area contributed by atoms with Crippen LogP contribution in [0, 0.1) is 0 Å². The molecule has 0 radical (unpaired) electrons. The van der Waals surface area contributed by atoms with E-state index in [9.17, 15) is 13.2 Å². The van der Waals surface area contributed by atoms with Gasteiger partial charge in [-0.2, -0.15) is 0 Å². The minimum Gasteiger partial charge on any atom is -0.458 e. The van der Waals surface area contributed by atoms with Gasteiger partial charge < -0.3 is 4.74 Å². The first kappa shape index (κ1) is 19.9. The predicted octanol–water partition coefficient (Wildman–Crippen LogP) is 4.04. The third-order valence-electron chi connectivity index (χ3n) is 4.41. The molecule has 5 nitrogen and oxygen atoms in total. The lowest BCUT2D eigenvalue weighted by Gasteiger charge is -2.19. The standard InChI is InChI=1S/C22H23NO4S/c24-22(27-18-20-10-3-1-4-11-20)15-14-19-9-7-8-16-23(17-19)28(25,26)21-12-5-2-6-13-21/h1-6,10-15,17H,7-9,16,18H2/b15-14+. The summed E-state index contributed by atoms with van der Waals surface area (Å²) in [4.78, 5) is 12.2. The first-order valence-electron chi connectivity index (χ1n) is 9.22. The fourth-order valence-electron chi connectivity index (χ4n) is 2.91. The average molecular weight is 397 g/mol. The van der Waals surface area contributed by atoms with Crippen LogP contribution in [-0.2, 0) is 26.2 Å². The number of sulfonamides is 1. The van der Waals surface area contributed by atoms with Crippen molar-refractivity contribution in [1.29, 1.82) is 0 Å². The van der Waals surface area contributed by atoms with Crippen LogP contribution in [0.5, 0.6) is 0 Å². The SMILES string of the molecule is O=C(/C=C/C1=CN(S(=O)(=O)c2ccccc2)CCCC1)OCc1ccccc1. The van der Waals surface area contributed by atoms with E-state index in [1.54, 1.807) is 42.6 Å². The summed E-state index contributed by atoms with van der Waals surface area (Å²) in [6.07, 6.45) is 6.95. The topological polar surface area (TPSA) is 63.7 Å². The molecule has 1 aliphatic heterocycles. The zero-order chi connectivity index (χ0) is 19.8. The Morgan fingerprint density at radius 3 is 2.39 bits per heavy atom. The molecule has 3 rings (SSSR count). The van der Waals surface area contributed by atoms with Crippen molar-refractivity contribution in [3.8, 4) is 0 Å². The van der Waals surface area contributed by atoms with E-state index >= 15 is 0 Å². The molecule has 2 aromatic carbocycles. The van der Waals surface area contributed by atoms with Crippen LogP contribution in [-0.4, -0.2) is 25.2 Å². The molecule has 6 heteroatoms. The fraction of sp³-hybridized carbons (Fsp3) is 0.227. The second kappa shape index (κ2) is 9.37. The van der Waals surface area contributed by atoms with Crippen LogP contribution in [0.15, 0.2) is 89.5 Å². The van der Waals surface area contributed by atoms with Crippen molar-refractivity contribution in [1.82, 2.24) is 4.31 Å². The van der Waals surface area contributed by atoms with Gasteiger partial charge in [0.25, 0.3) is 10.0 Å². The number of carbonyl (C=O) groups excluding carboxylic acids is 1. The van der Waals surface area contributed by atoms with Crippen molar-refractivity contribution in [2.45, 2.75) is 30.8 Å². The van der Waals surface area contributed by atoms with E-state index in [1.807, 2.05) is 30.3 Å². The van der Waals surface area contributed by atoms with E-state index in [0.29, 0.717) is 13.0 Å². The molecular weight excluding hydrogens is 374 g/mol. The molecule has 1 aliphatic rings. The smallest absolute Gasteiger partial charge is 0.331 e. The van der Waals surface area contributed by atoms with Crippen molar-refractivity contribution < 1.29 is 17.9 Å². The first-order valence-corrected chi connectivity index (χ1v) is 10.7. The molecule has 0 fully saturated rings. The Balaban J connectivity index is 1.68. The van der Waals surface area contributed by atoms with Crippen LogP contribution in [0.4, 0.5) is 0 Å². The van der Waals surface area contributed by atoms with Crippen LogP contribution in [0.25, 0.3) is 0 Å². The van der Waals surface area contributed by atoms with Crippen LogP contribution >= 0.6 is 0 Å². The summed E-state index contributed by atoms with van der Waals surface area (Å²) >= 11 is 0. The molecule has 146 valence electrons. The normalized spacial score (nSPS) is 15.1. The fourth-order valence-corrected chi connectivity index (χ4v) is 4.32. The van der Waals surface area contributed by atoms with Gasteiger partial charge in [0.1, 0.15) is 6.61 Å². The van der Waals surface area contributed by atoms with Gasteiger partial charge in [0.2, 0.25) is 0 Å². The Labute approximate surface area is 166 Å². The number of esters is 1. The number of allylic oxidation sites excluding steroid dienone is 2. The van der Waals surface area contributed by atoms with Gasteiger partial charge in [-0.25, -0.2) is 13.2 Å². The van der Waals surface area contributed by atoms with Crippen molar-refractivity contribution in [3.05, 3.63) is 90.2 Å². The van der Waals surface area contributed by atoms with Crippen LogP contribution in [0.2, 0.25) is 0 Å². The van der Waals surface area contributed by atoms with Gasteiger partial charge in [0, 0.05) is 18.8 Å². The Kier molecular flexibility index (Phi) is 6.66. The van der Waals surface area contributed by atoms with Gasteiger partial charge in [-0.1, -0.05) is 54.6 Å². The summed E-state index contributed by atoms with van der Waals surface area (Å²) in [6.45, 7) is 0.630. The number of hydrogen-bond acceptors (Lipinski definition) is 4. The molecule has 28 heavy (non-hydrogen) atoms. The first-order chi connectivity index (χ1) is 13.6. The summed E-state index contributed by atoms with van der Waals surface area (Å²) in [7, 11) is -3.60. The summed E-state index contributed by atoms with van der Waals surface area (Å²) in [6, 6.07) is 17.8. The van der Waals surface area contributed by atoms with Crippen molar-refractivity contribution in [2.75, 3.05) is 6.54 Å². The van der Waals surface area contributed by atoms with Crippen molar-refractivity contribution in [3.63, 3.8) is 0 Å². The molecule has 0 aromatic heterocycles. The summed E-state index contributed by atoms with van der Waals surface area (Å²) in [5.41, 5.74) is 1.70. The van der Waals surface area contributed by atoms with Crippen LogP contribution in [0.1, 0.15) is 24.8 Å². The largest absolute Gasteiger partial charge is 0.458 e. The average Bonchev–Trinajstić information content (AvgIpc) is 2.98. The number of carbonyl (C=O) groups is 1. The second-order valence-electron chi connectivity index (χ2n) is 6.52. The van der Waals surface area contributed by atoms with E-state index in [1.165, 1.54) is 10.4 Å². The number of rotatable bonds is 6. The summed E-state index contributed by atoms with van der Waals surface area (Å²) < 4.78 is 32.3. The van der Waals surface area contributed by atoms with Crippen LogP contribution in [0.3, 0.4) is 0 Å². The highest BCUT2D eigenvalue weighted by Gasteiger charge is 2.22. The van der Waals surface area contributed by atoms with Gasteiger partial charge in [-0.3, -0.25) is 4.31 Å². The lowest BCUT2D eigenvalue weighted by molar-refractivity contribution is -0.139. The highest BCUT2D eigenvalue weighted by atomic mass is 32.2. The van der Waals surface area contributed by atoms with Crippen molar-refractivity contribution in [2.24, 2.45) is 0 Å². The summed E-state index contributed by atoms with van der Waals surface area (Å²) in [5, 5.41) is 0. The van der Waals surface area contributed by atoms with Gasteiger partial charge in [-0.05, 0) is 42.5 Å². The maximum absolute atomic E-state index is 12.8. The monoisotopic (exact) mass is 397 g/mol. The second-order valence-corrected chi connectivity index (χ2v) is 8.41. The quantitative estimate of drug-likeness (QED) is 0.545. The van der Waals surface area contributed by atoms with E-state index < -0.39 is 16.0 Å². The van der Waals surface area contributed by atoms with Gasteiger partial charge >= 0.3 is 5.97 Å². The maximum Gasteiger partial charge on any atom is 0.331 e. The van der Waals surface area contributed by atoms with Crippen molar-refractivity contribution >= 4 is 16.0 Å². The molecule has 0 saturated carbocycles. The number of ether oxygens (including phenoxy) is 1. The Bertz CT molecular complexity index is 951. The molecule has 2 aromatic rings. The third kappa shape index (κ3) is 5.33. The van der Waals surface area contributed by atoms with E-state index in [0.717, 1.165) is 24.0 Å². The van der Waals surface area contributed by atoms with Gasteiger partial charge in [-0.15, -0.1) is 0 Å². The molecular formula is C22H23NO4S. The number of benzene rings is 2. The molecule has 0 spiro atoms. The highest BCUT2D eigenvalue weighted by Crippen LogP contribution is 2.22. The maximum atomic E-state index is 12.8. The Morgan fingerprint density at radius 2 is 1.68 bits per heavy atom. The highest BCUT2D eigenvalue weighted by molar-refractivity contribution is 7.89. The minimum absolute atomic E-state index is 0.206. The lowest BCUT2D eigenvalue weighted by Crippen LogP contribution is -2.26. The molecule has 0 N–H and O–H groups in total. The Morgan fingerprint density at radius 1 is 1.00 bits per heavy atom. The van der Waals surface area contributed by atoms with E-state index in [4.69, 9.17) is 4.74 Å². The van der Waals surface area contributed by atoms with Gasteiger partial charge in [0.15, 0.2) is 0 Å². The third-order valence-corrected chi connectivity index (χ3v) is 6.18. The van der Waals surface area contributed by atoms with E-state index in [2.05, 4.69) is 0 Å². The molecule has 1 heterocycles.